The Balaban J connectivity index is 1.46. The Hall–Kier alpha value is -6.51. The molecule has 2 nitrogen and oxygen atoms in total. The van der Waals surface area contributed by atoms with E-state index in [1.165, 1.54) is 4.57 Å². The van der Waals surface area contributed by atoms with E-state index in [-0.39, 0.29) is 49.7 Å². The molecule has 0 saturated carbocycles. The normalized spacial score (nSPS) is 15.4. The van der Waals surface area contributed by atoms with Gasteiger partial charge in [0, 0.05) is 11.3 Å². The van der Waals surface area contributed by atoms with Crippen molar-refractivity contribution in [2.24, 2.45) is 0 Å². The summed E-state index contributed by atoms with van der Waals surface area (Å²) in [6.45, 7) is 0. The average Bonchev–Trinajstić information content (AvgIpc) is 3.67. The molecule has 2 heteroatoms. The number of rotatable bonds is 4. The first kappa shape index (κ1) is 17.6. The molecular formula is C47H30N2. The average molecular weight is 636 g/mol. The molecule has 228 valence electrons. The first-order valence-corrected chi connectivity index (χ1v) is 15.8. The predicted octanol–water partition coefficient (Wildman–Crippen LogP) is 12.6. The molecule has 0 spiro atoms. The van der Waals surface area contributed by atoms with Crippen molar-refractivity contribution in [2.75, 3.05) is 0 Å². The van der Waals surface area contributed by atoms with Crippen molar-refractivity contribution < 1.29 is 17.8 Å². The number of hydrogen-bond donors (Lipinski definition) is 0. The molecule has 10 rings (SSSR count). The number of para-hydroxylation sites is 3. The Kier molecular flexibility index (Phi) is 3.96. The van der Waals surface area contributed by atoms with Gasteiger partial charge in [0.15, 0.2) is 0 Å². The fraction of sp³-hybridized carbons (Fsp3) is 0. The number of nitrogens with zero attached hydrogens (tertiary/aromatic N) is 2. The molecule has 10 aromatic rings. The summed E-state index contributed by atoms with van der Waals surface area (Å²) in [5.74, 6) is 0.118. The third-order valence-electron chi connectivity index (χ3n) is 9.12. The molecule has 0 aliphatic heterocycles. The van der Waals surface area contributed by atoms with Gasteiger partial charge in [0.2, 0.25) is 0 Å². The third kappa shape index (κ3) is 4.24. The smallest absolute Gasteiger partial charge is 0.146 e. The Labute approximate surface area is 302 Å². The molecular weight excluding hydrogens is 593 g/mol. The summed E-state index contributed by atoms with van der Waals surface area (Å²) >= 11 is 0. The van der Waals surface area contributed by atoms with Gasteiger partial charge in [-0.2, -0.15) is 0 Å². The summed E-state index contributed by atoms with van der Waals surface area (Å²) in [6.07, 6.45) is 0. The van der Waals surface area contributed by atoms with E-state index in [1.807, 2.05) is 54.6 Å². The Morgan fingerprint density at radius 2 is 0.959 bits per heavy atom. The van der Waals surface area contributed by atoms with E-state index in [0.29, 0.717) is 27.5 Å². The lowest BCUT2D eigenvalue weighted by Gasteiger charge is -2.21. The van der Waals surface area contributed by atoms with Gasteiger partial charge in [-0.05, 0) is 95.6 Å². The van der Waals surface area contributed by atoms with Crippen LogP contribution in [0.1, 0.15) is 17.8 Å². The van der Waals surface area contributed by atoms with Crippen LogP contribution in [0.2, 0.25) is 0 Å². The van der Waals surface area contributed by atoms with E-state index in [9.17, 15) is 5.48 Å². The van der Waals surface area contributed by atoms with Crippen molar-refractivity contribution >= 4 is 54.1 Å². The van der Waals surface area contributed by atoms with Crippen molar-refractivity contribution in [3.05, 3.63) is 182 Å². The van der Waals surface area contributed by atoms with Crippen molar-refractivity contribution in [1.29, 1.82) is 0 Å². The molecule has 0 aliphatic carbocycles. The second kappa shape index (κ2) is 11.0. The van der Waals surface area contributed by atoms with Gasteiger partial charge in [0.25, 0.3) is 0 Å². The van der Waals surface area contributed by atoms with Crippen LogP contribution in [0.4, 0.5) is 0 Å². The zero-order valence-electron chi connectivity index (χ0n) is 38.7. The van der Waals surface area contributed by atoms with Crippen LogP contribution in [0.15, 0.2) is 182 Å². The van der Waals surface area contributed by atoms with Gasteiger partial charge in [0.05, 0.1) is 28.9 Å². The zero-order chi connectivity index (χ0) is 43.6. The van der Waals surface area contributed by atoms with Crippen LogP contribution < -0.4 is 0 Å². The minimum Gasteiger partial charge on any atom is -0.292 e. The highest BCUT2D eigenvalue weighted by Crippen LogP contribution is 2.48. The van der Waals surface area contributed by atoms with Crippen LogP contribution in [-0.4, -0.2) is 9.55 Å². The molecule has 0 bridgehead atoms. The minimum atomic E-state index is -0.574. The topological polar surface area (TPSA) is 17.8 Å². The molecule has 0 aliphatic rings. The van der Waals surface area contributed by atoms with E-state index in [2.05, 4.69) is 0 Å². The second-order valence-electron chi connectivity index (χ2n) is 11.7. The van der Waals surface area contributed by atoms with Crippen LogP contribution >= 0.6 is 0 Å². The number of imidazole rings is 1. The van der Waals surface area contributed by atoms with Gasteiger partial charge in [0.1, 0.15) is 5.82 Å². The lowest BCUT2D eigenvalue weighted by atomic mass is 9.83. The molecule has 1 heterocycles. The first-order valence-electron chi connectivity index (χ1n) is 22.3. The summed E-state index contributed by atoms with van der Waals surface area (Å²) in [5.41, 5.74) is 2.01. The molecule has 9 aromatic carbocycles. The predicted molar refractivity (Wildman–Crippen MR) is 207 cm³/mol. The van der Waals surface area contributed by atoms with E-state index in [4.69, 9.17) is 17.3 Å². The maximum atomic E-state index is 9.62. The summed E-state index contributed by atoms with van der Waals surface area (Å²) in [5, 5.41) is 3.36. The van der Waals surface area contributed by atoms with Gasteiger partial charge in [-0.3, -0.25) is 4.57 Å². The quantitative estimate of drug-likeness (QED) is 0.139. The van der Waals surface area contributed by atoms with Gasteiger partial charge in [-0.25, -0.2) is 4.98 Å². The maximum Gasteiger partial charge on any atom is 0.146 e. The van der Waals surface area contributed by atoms with Crippen LogP contribution in [0.25, 0.3) is 93.5 Å². The van der Waals surface area contributed by atoms with Crippen molar-refractivity contribution in [2.45, 2.75) is 0 Å². The highest BCUT2D eigenvalue weighted by Gasteiger charge is 2.23. The van der Waals surface area contributed by atoms with Crippen LogP contribution in [0, 0.1) is 0 Å². The van der Waals surface area contributed by atoms with Gasteiger partial charge in [-0.1, -0.05) is 151 Å². The van der Waals surface area contributed by atoms with Crippen molar-refractivity contribution in [3.8, 4) is 39.3 Å². The van der Waals surface area contributed by atoms with Crippen molar-refractivity contribution in [3.63, 3.8) is 0 Å². The van der Waals surface area contributed by atoms with Gasteiger partial charge < -0.3 is 0 Å². The standard InChI is InChI=1S/C47H30N2/c1-2-17-32(18-3-1)49-44-29-15-14-28-43(44)48-47(49)41-27-13-12-26-40(41)45-36-22-8-10-24-38(36)46(39-25-11-9-23-37(39)45)42-30-31-16-4-5-19-33(31)34-20-6-7-21-35(34)42/h1-30H/i1D,2D,3D,8D,9D,10D,11D,17D,18D,22D,23D,24D,25D. The summed E-state index contributed by atoms with van der Waals surface area (Å²) in [7, 11) is 0. The fourth-order valence-corrected chi connectivity index (χ4v) is 7.11. The van der Waals surface area contributed by atoms with Gasteiger partial charge >= 0.3 is 0 Å². The monoisotopic (exact) mass is 635 g/mol. The molecule has 0 unspecified atom stereocenters. The third-order valence-corrected chi connectivity index (χ3v) is 9.12. The lowest BCUT2D eigenvalue weighted by Crippen LogP contribution is -1.99. The summed E-state index contributed by atoms with van der Waals surface area (Å²) in [6, 6.07) is 24.3. The number of aromatic nitrogens is 2. The molecule has 0 radical (unpaired) electrons. The molecule has 0 fully saturated rings. The molecule has 49 heavy (non-hydrogen) atoms. The van der Waals surface area contributed by atoms with E-state index in [0.717, 1.165) is 16.2 Å². The number of hydrogen-bond acceptors (Lipinski definition) is 1. The highest BCUT2D eigenvalue weighted by molar-refractivity contribution is 6.26. The summed E-state index contributed by atoms with van der Waals surface area (Å²) in [4.78, 5) is 4.97. The molecule has 0 saturated heterocycles. The Morgan fingerprint density at radius 1 is 0.429 bits per heavy atom. The van der Waals surface area contributed by atoms with E-state index in [1.54, 1.807) is 48.5 Å². The maximum absolute atomic E-state index is 9.62. The number of fused-ring (bicyclic) bond motifs is 6. The number of benzene rings is 9. The van der Waals surface area contributed by atoms with E-state index >= 15 is 0 Å². The van der Waals surface area contributed by atoms with Crippen LogP contribution in [0.5, 0.6) is 0 Å². The van der Waals surface area contributed by atoms with Crippen LogP contribution in [-0.2, 0) is 0 Å². The van der Waals surface area contributed by atoms with E-state index < -0.39 is 78.6 Å². The molecule has 0 N–H and O–H groups in total. The van der Waals surface area contributed by atoms with Crippen molar-refractivity contribution in [1.82, 2.24) is 9.55 Å². The Bertz CT molecular complexity index is 3530. The SMILES string of the molecule is [2H]c1c([2H])c([2H])c(-n2c(-c3ccccc3-c3c4c([2H])c([2H])c([2H])c([2H])c4c(-c4cc5ccccc5c5ccccc45)c4c([2H])c([2H])c([2H])c([2H])c34)nc3ccccc32)c([2H])c1[2H]. The molecule has 0 amide bonds. The van der Waals surface area contributed by atoms with Gasteiger partial charge in [-0.15, -0.1) is 0 Å². The second-order valence-corrected chi connectivity index (χ2v) is 11.7. The molecule has 0 atom stereocenters. The minimum absolute atomic E-state index is 0.00121. The molecule has 1 aromatic heterocycles. The Morgan fingerprint density at radius 3 is 1.67 bits per heavy atom. The first-order chi connectivity index (χ1) is 29.7. The highest BCUT2D eigenvalue weighted by atomic mass is 15.1. The lowest BCUT2D eigenvalue weighted by molar-refractivity contribution is 1.10. The largest absolute Gasteiger partial charge is 0.292 e. The fourth-order valence-electron chi connectivity index (χ4n) is 7.11. The zero-order valence-corrected chi connectivity index (χ0v) is 25.7. The van der Waals surface area contributed by atoms with Crippen LogP contribution in [0.3, 0.4) is 0 Å². The summed E-state index contributed by atoms with van der Waals surface area (Å²) < 4.78 is 119.